The fourth-order valence-electron chi connectivity index (χ4n) is 8.14. The first-order valence-electron chi connectivity index (χ1n) is 17.6. The van der Waals surface area contributed by atoms with Crippen molar-refractivity contribution in [3.63, 3.8) is 0 Å². The standard InChI is InChI=1S/C40H34F5N7O2/c1-3-27-32-23(16-30(42)33(27)44)8-6-10-28(32)35-34(45)36-29(19-47-35)37(49-39(48-36)54-22-40-12-7-14-52(40)20-24(41)18-40)50(2)26-11-15-51(21-26)38(53)31(43)17-25-9-4-5-13-46-25/h1,4-6,8-10,13,16-17,19,24,26H,7,11-12,14-15,18,20-22H2,2H3/b31-17-/t24-,26-,40+/m1/s1. The molecule has 3 aromatic heterocycles. The minimum atomic E-state index is -1.24. The fourth-order valence-corrected chi connectivity index (χ4v) is 8.14. The van der Waals surface area contributed by atoms with Gasteiger partial charge in [0.05, 0.1) is 22.2 Å². The van der Waals surface area contributed by atoms with Gasteiger partial charge in [0, 0.05) is 68.6 Å². The normalized spacial score (nSPS) is 21.5. The molecule has 9 nitrogen and oxygen atoms in total. The predicted octanol–water partition coefficient (Wildman–Crippen LogP) is 6.64. The molecule has 3 fully saturated rings. The second kappa shape index (κ2) is 13.9. The molecule has 1 amide bonds. The SMILES string of the molecule is C#Cc1c(F)c(F)cc2cccc(-c3ncc4c(N(C)[C@@H]5CCN(C(=O)/C(F)=C/c6ccccn6)C5)nc(OC[C@@]56CCCN5C[C@H](F)C6)nc4c3F)c12. The van der Waals surface area contributed by atoms with E-state index in [2.05, 4.69) is 25.8 Å². The summed E-state index contributed by atoms with van der Waals surface area (Å²) in [7, 11) is 1.72. The number of benzene rings is 2. The Hall–Kier alpha value is -5.68. The van der Waals surface area contributed by atoms with Gasteiger partial charge in [0.1, 0.15) is 29.8 Å². The van der Waals surface area contributed by atoms with Crippen LogP contribution in [0.1, 0.15) is 36.9 Å². The van der Waals surface area contributed by atoms with Crippen LogP contribution in [0.2, 0.25) is 0 Å². The highest BCUT2D eigenvalue weighted by molar-refractivity contribution is 6.02. The van der Waals surface area contributed by atoms with Crippen LogP contribution in [-0.4, -0.2) is 93.2 Å². The monoisotopic (exact) mass is 739 g/mol. The van der Waals surface area contributed by atoms with Crippen LogP contribution in [0, 0.1) is 29.8 Å². The Kier molecular flexibility index (Phi) is 9.13. The lowest BCUT2D eigenvalue weighted by Crippen LogP contribution is -2.43. The van der Waals surface area contributed by atoms with E-state index >= 15 is 8.78 Å². The third-order valence-corrected chi connectivity index (χ3v) is 10.8. The van der Waals surface area contributed by atoms with Crippen molar-refractivity contribution >= 4 is 39.5 Å². The molecule has 0 saturated carbocycles. The van der Waals surface area contributed by atoms with Crippen molar-refractivity contribution in [2.75, 3.05) is 44.7 Å². The van der Waals surface area contributed by atoms with Crippen molar-refractivity contribution in [3.8, 4) is 29.6 Å². The molecular weight excluding hydrogens is 705 g/mol. The summed E-state index contributed by atoms with van der Waals surface area (Å²) in [4.78, 5) is 36.0. The van der Waals surface area contributed by atoms with E-state index in [9.17, 15) is 18.0 Å². The molecule has 0 unspecified atom stereocenters. The molecule has 3 aliphatic heterocycles. The van der Waals surface area contributed by atoms with E-state index in [0.717, 1.165) is 31.5 Å². The summed E-state index contributed by atoms with van der Waals surface area (Å²) in [6.07, 6.45) is 10.9. The largest absolute Gasteiger partial charge is 0.461 e. The molecule has 14 heteroatoms. The van der Waals surface area contributed by atoms with E-state index in [-0.39, 0.29) is 76.1 Å². The summed E-state index contributed by atoms with van der Waals surface area (Å²) < 4.78 is 82.1. The highest BCUT2D eigenvalue weighted by Crippen LogP contribution is 2.41. The molecule has 3 saturated heterocycles. The van der Waals surface area contributed by atoms with Crippen LogP contribution in [-0.2, 0) is 4.79 Å². The molecular formula is C40H34F5N7O2. The van der Waals surface area contributed by atoms with Crippen LogP contribution in [0.4, 0.5) is 27.8 Å². The van der Waals surface area contributed by atoms with Crippen LogP contribution in [0.25, 0.3) is 39.0 Å². The number of nitrogens with zero attached hydrogens (tertiary/aromatic N) is 7. The number of hydrogen-bond acceptors (Lipinski definition) is 8. The lowest BCUT2D eigenvalue weighted by Gasteiger charge is -2.31. The Morgan fingerprint density at radius 2 is 1.96 bits per heavy atom. The number of rotatable bonds is 8. The van der Waals surface area contributed by atoms with Gasteiger partial charge >= 0.3 is 6.01 Å². The first-order valence-corrected chi connectivity index (χ1v) is 17.6. The fraction of sp³-hybridized carbons (Fsp3) is 0.325. The van der Waals surface area contributed by atoms with E-state index in [1.54, 1.807) is 36.2 Å². The molecule has 0 spiro atoms. The van der Waals surface area contributed by atoms with Crippen LogP contribution in [0.3, 0.4) is 0 Å². The number of carbonyl (C=O) groups is 1. The van der Waals surface area contributed by atoms with Crippen LogP contribution < -0.4 is 9.64 Å². The number of amides is 1. The summed E-state index contributed by atoms with van der Waals surface area (Å²) in [5.74, 6) is -2.56. The smallest absolute Gasteiger partial charge is 0.319 e. The average Bonchev–Trinajstić information content (AvgIpc) is 3.89. The van der Waals surface area contributed by atoms with Crippen LogP contribution >= 0.6 is 0 Å². The number of aromatic nitrogens is 4. The van der Waals surface area contributed by atoms with Gasteiger partial charge in [-0.1, -0.05) is 30.2 Å². The Labute approximate surface area is 307 Å². The quantitative estimate of drug-likeness (QED) is 0.0996. The maximum atomic E-state index is 16.9. The van der Waals surface area contributed by atoms with Crippen molar-refractivity contribution in [2.45, 2.75) is 43.4 Å². The topological polar surface area (TPSA) is 87.6 Å². The number of likely N-dealkylation sites (N-methyl/N-ethyl adjacent to an activating group) is 1. The van der Waals surface area contributed by atoms with Crippen molar-refractivity contribution in [3.05, 3.63) is 89.4 Å². The van der Waals surface area contributed by atoms with Crippen LogP contribution in [0.5, 0.6) is 6.01 Å². The number of fused-ring (bicyclic) bond motifs is 3. The summed E-state index contributed by atoms with van der Waals surface area (Å²) in [6.45, 7) is 1.51. The van der Waals surface area contributed by atoms with Crippen molar-refractivity contribution in [1.29, 1.82) is 0 Å². The first-order chi connectivity index (χ1) is 26.1. The Balaban J connectivity index is 1.18. The number of alkyl halides is 1. The van der Waals surface area contributed by atoms with Gasteiger partial charge in [0.15, 0.2) is 23.3 Å². The van der Waals surface area contributed by atoms with E-state index < -0.39 is 40.9 Å². The Morgan fingerprint density at radius 1 is 1.11 bits per heavy atom. The minimum Gasteiger partial charge on any atom is -0.461 e. The summed E-state index contributed by atoms with van der Waals surface area (Å²) in [6, 6.07) is 10.0. The third-order valence-electron chi connectivity index (χ3n) is 10.8. The van der Waals surface area contributed by atoms with Gasteiger partial charge in [-0.2, -0.15) is 9.97 Å². The molecule has 276 valence electrons. The number of anilines is 1. The molecule has 3 aliphatic rings. The van der Waals surface area contributed by atoms with Crippen LogP contribution in [0.15, 0.2) is 60.7 Å². The second-order valence-corrected chi connectivity index (χ2v) is 14.0. The average molecular weight is 740 g/mol. The molecule has 8 rings (SSSR count). The lowest BCUT2D eigenvalue weighted by molar-refractivity contribution is -0.127. The summed E-state index contributed by atoms with van der Waals surface area (Å²) in [5, 5.41) is 0.564. The van der Waals surface area contributed by atoms with Crippen molar-refractivity contribution < 1.29 is 31.5 Å². The molecule has 0 bridgehead atoms. The molecule has 6 heterocycles. The number of pyridine rings is 2. The molecule has 0 aliphatic carbocycles. The van der Waals surface area contributed by atoms with E-state index in [0.29, 0.717) is 25.1 Å². The van der Waals surface area contributed by atoms with E-state index in [4.69, 9.17) is 16.1 Å². The zero-order chi connectivity index (χ0) is 37.7. The zero-order valence-electron chi connectivity index (χ0n) is 29.2. The number of likely N-dealkylation sites (tertiary alicyclic amines) is 1. The van der Waals surface area contributed by atoms with Gasteiger partial charge in [0.2, 0.25) is 0 Å². The first kappa shape index (κ1) is 35.4. The minimum absolute atomic E-state index is 0.0783. The second-order valence-electron chi connectivity index (χ2n) is 14.0. The van der Waals surface area contributed by atoms with E-state index in [1.165, 1.54) is 29.4 Å². The van der Waals surface area contributed by atoms with Crippen molar-refractivity contribution in [1.82, 2.24) is 29.7 Å². The zero-order valence-corrected chi connectivity index (χ0v) is 29.2. The third kappa shape index (κ3) is 6.16. The number of ether oxygens (including phenoxy) is 1. The van der Waals surface area contributed by atoms with Gasteiger partial charge in [-0.05, 0) is 49.4 Å². The predicted molar refractivity (Wildman–Crippen MR) is 193 cm³/mol. The number of carbonyl (C=O) groups excluding carboxylic acids is 1. The van der Waals surface area contributed by atoms with Gasteiger partial charge in [-0.25, -0.2) is 22.0 Å². The summed E-state index contributed by atoms with van der Waals surface area (Å²) in [5.41, 5.74) is -0.859. The lowest BCUT2D eigenvalue weighted by atomic mass is 9.95. The van der Waals surface area contributed by atoms with Gasteiger partial charge in [0.25, 0.3) is 5.91 Å². The molecule has 3 atom stereocenters. The molecule has 54 heavy (non-hydrogen) atoms. The molecule has 0 radical (unpaired) electrons. The molecule has 5 aromatic rings. The van der Waals surface area contributed by atoms with Crippen molar-refractivity contribution in [2.24, 2.45) is 0 Å². The number of terminal acetylenes is 1. The van der Waals surface area contributed by atoms with Gasteiger partial charge in [-0.15, -0.1) is 6.42 Å². The maximum absolute atomic E-state index is 16.9. The molecule has 0 N–H and O–H groups in total. The van der Waals surface area contributed by atoms with E-state index in [1.807, 2.05) is 0 Å². The highest BCUT2D eigenvalue weighted by atomic mass is 19.2. The Bertz CT molecular complexity index is 2370. The Morgan fingerprint density at radius 3 is 2.76 bits per heavy atom. The molecule has 2 aromatic carbocycles. The van der Waals surface area contributed by atoms with Gasteiger partial charge < -0.3 is 14.5 Å². The van der Waals surface area contributed by atoms with Gasteiger partial charge in [-0.3, -0.25) is 19.7 Å². The number of hydrogen-bond donors (Lipinski definition) is 0. The number of halogens is 5. The maximum Gasteiger partial charge on any atom is 0.319 e. The highest BCUT2D eigenvalue weighted by Gasteiger charge is 2.49. The summed E-state index contributed by atoms with van der Waals surface area (Å²) >= 11 is 0.